The highest BCUT2D eigenvalue weighted by Gasteiger charge is 2.27. The molecule has 0 radical (unpaired) electrons. The molecule has 3 N–H and O–H groups in total. The average molecular weight is 292 g/mol. The van der Waals surface area contributed by atoms with E-state index in [-0.39, 0.29) is 6.10 Å². The standard InChI is InChI=1S/C16H28N4O/c1-5-6-14-18-15(20-17)12(4)16(19-14)21-13-8-7-10(2)11(3)9-13/h10-11,13H,5-9,17H2,1-4H3,(H,18,19,20). The molecular weight excluding hydrogens is 264 g/mol. The first kappa shape index (κ1) is 16.0. The van der Waals surface area contributed by atoms with Crippen molar-refractivity contribution in [3.8, 4) is 5.88 Å². The van der Waals surface area contributed by atoms with E-state index in [1.54, 1.807) is 0 Å². The van der Waals surface area contributed by atoms with E-state index < -0.39 is 0 Å². The first-order valence-electron chi connectivity index (χ1n) is 8.05. The Kier molecular flexibility index (Phi) is 5.39. The van der Waals surface area contributed by atoms with Crippen molar-refractivity contribution in [3.63, 3.8) is 0 Å². The van der Waals surface area contributed by atoms with Crippen molar-refractivity contribution in [2.45, 2.75) is 65.9 Å². The van der Waals surface area contributed by atoms with E-state index >= 15 is 0 Å². The van der Waals surface area contributed by atoms with E-state index in [1.807, 2.05) is 6.92 Å². The lowest BCUT2D eigenvalue weighted by Gasteiger charge is -2.32. The zero-order chi connectivity index (χ0) is 15.4. The van der Waals surface area contributed by atoms with Crippen LogP contribution in [0.2, 0.25) is 0 Å². The third kappa shape index (κ3) is 3.84. The van der Waals surface area contributed by atoms with Crippen molar-refractivity contribution in [1.82, 2.24) is 9.97 Å². The van der Waals surface area contributed by atoms with Gasteiger partial charge in [-0.25, -0.2) is 10.8 Å². The van der Waals surface area contributed by atoms with E-state index in [2.05, 4.69) is 36.2 Å². The van der Waals surface area contributed by atoms with Gasteiger partial charge < -0.3 is 10.2 Å². The molecule has 1 fully saturated rings. The van der Waals surface area contributed by atoms with Gasteiger partial charge in [-0.15, -0.1) is 0 Å². The summed E-state index contributed by atoms with van der Waals surface area (Å²) in [6.07, 6.45) is 5.51. The second-order valence-corrected chi connectivity index (χ2v) is 6.32. The van der Waals surface area contributed by atoms with Gasteiger partial charge in [0.2, 0.25) is 5.88 Å². The van der Waals surface area contributed by atoms with E-state index in [4.69, 9.17) is 10.6 Å². The maximum Gasteiger partial charge on any atom is 0.222 e. The zero-order valence-electron chi connectivity index (χ0n) is 13.6. The Balaban J connectivity index is 2.16. The Morgan fingerprint density at radius 3 is 2.62 bits per heavy atom. The number of ether oxygens (including phenoxy) is 1. The summed E-state index contributed by atoms with van der Waals surface area (Å²) >= 11 is 0. The number of nitrogens with zero attached hydrogens (tertiary/aromatic N) is 2. The fraction of sp³-hybridized carbons (Fsp3) is 0.750. The predicted molar refractivity (Wildman–Crippen MR) is 85.2 cm³/mol. The number of anilines is 1. The van der Waals surface area contributed by atoms with Crippen LogP contribution in [0.15, 0.2) is 0 Å². The van der Waals surface area contributed by atoms with Gasteiger partial charge in [-0.3, -0.25) is 0 Å². The molecule has 1 aliphatic carbocycles. The molecule has 0 saturated heterocycles. The van der Waals surface area contributed by atoms with Crippen molar-refractivity contribution in [2.75, 3.05) is 5.43 Å². The Hall–Kier alpha value is -1.36. The minimum Gasteiger partial charge on any atom is -0.474 e. The minimum absolute atomic E-state index is 0.255. The Morgan fingerprint density at radius 1 is 1.24 bits per heavy atom. The maximum atomic E-state index is 6.19. The molecule has 21 heavy (non-hydrogen) atoms. The smallest absolute Gasteiger partial charge is 0.222 e. The average Bonchev–Trinajstić information content (AvgIpc) is 2.46. The molecule has 1 aromatic heterocycles. The first-order valence-corrected chi connectivity index (χ1v) is 8.05. The topological polar surface area (TPSA) is 73.1 Å². The van der Waals surface area contributed by atoms with Gasteiger partial charge in [0.15, 0.2) is 0 Å². The van der Waals surface area contributed by atoms with Crippen LogP contribution in [-0.4, -0.2) is 16.1 Å². The Bertz CT molecular complexity index is 478. The lowest BCUT2D eigenvalue weighted by Crippen LogP contribution is -2.29. The van der Waals surface area contributed by atoms with Crippen molar-refractivity contribution in [1.29, 1.82) is 0 Å². The number of nitrogen functional groups attached to an aromatic ring is 1. The maximum absolute atomic E-state index is 6.19. The third-order valence-corrected chi connectivity index (χ3v) is 4.59. The molecular formula is C16H28N4O. The summed E-state index contributed by atoms with van der Waals surface area (Å²) in [5, 5.41) is 0. The largest absolute Gasteiger partial charge is 0.474 e. The number of aryl methyl sites for hydroxylation is 1. The summed E-state index contributed by atoms with van der Waals surface area (Å²) < 4.78 is 6.19. The molecule has 5 nitrogen and oxygen atoms in total. The molecule has 0 aromatic carbocycles. The fourth-order valence-electron chi connectivity index (χ4n) is 2.89. The number of hydrogen-bond acceptors (Lipinski definition) is 5. The van der Waals surface area contributed by atoms with E-state index in [9.17, 15) is 0 Å². The van der Waals surface area contributed by atoms with Crippen LogP contribution in [0.4, 0.5) is 5.82 Å². The van der Waals surface area contributed by atoms with Gasteiger partial charge in [-0.1, -0.05) is 20.8 Å². The number of nitrogens with one attached hydrogen (secondary N) is 1. The molecule has 5 heteroatoms. The van der Waals surface area contributed by atoms with Gasteiger partial charge in [0.05, 0.1) is 5.56 Å². The molecule has 2 rings (SSSR count). The summed E-state index contributed by atoms with van der Waals surface area (Å²) in [4.78, 5) is 9.01. The summed E-state index contributed by atoms with van der Waals surface area (Å²) in [5.41, 5.74) is 3.55. The van der Waals surface area contributed by atoms with E-state index in [1.165, 1.54) is 6.42 Å². The van der Waals surface area contributed by atoms with Gasteiger partial charge >= 0.3 is 0 Å². The quantitative estimate of drug-likeness (QED) is 0.644. The van der Waals surface area contributed by atoms with Crippen LogP contribution in [0.25, 0.3) is 0 Å². The van der Waals surface area contributed by atoms with Gasteiger partial charge in [0, 0.05) is 6.42 Å². The lowest BCUT2D eigenvalue weighted by molar-refractivity contribution is 0.0954. The summed E-state index contributed by atoms with van der Waals surface area (Å²) in [7, 11) is 0. The van der Waals surface area contributed by atoms with Crippen molar-refractivity contribution >= 4 is 5.82 Å². The number of nitrogens with two attached hydrogens (primary N) is 1. The molecule has 3 atom stereocenters. The fourth-order valence-corrected chi connectivity index (χ4v) is 2.89. The molecule has 0 aliphatic heterocycles. The van der Waals surface area contributed by atoms with Crippen molar-refractivity contribution in [3.05, 3.63) is 11.4 Å². The molecule has 118 valence electrons. The highest BCUT2D eigenvalue weighted by molar-refractivity contribution is 5.47. The van der Waals surface area contributed by atoms with Gasteiger partial charge in [-0.2, -0.15) is 4.98 Å². The van der Waals surface area contributed by atoms with Crippen LogP contribution in [0.3, 0.4) is 0 Å². The number of aromatic nitrogens is 2. The highest BCUT2D eigenvalue weighted by atomic mass is 16.5. The number of hydrazine groups is 1. The van der Waals surface area contributed by atoms with Crippen LogP contribution >= 0.6 is 0 Å². The normalized spacial score (nSPS) is 25.7. The molecule has 0 spiro atoms. The van der Waals surface area contributed by atoms with Crippen LogP contribution in [0, 0.1) is 18.8 Å². The summed E-state index contributed by atoms with van der Waals surface area (Å²) in [6.45, 7) is 8.70. The Labute approximate surface area is 127 Å². The lowest BCUT2D eigenvalue weighted by atomic mass is 9.80. The second-order valence-electron chi connectivity index (χ2n) is 6.32. The number of rotatable bonds is 5. The highest BCUT2D eigenvalue weighted by Crippen LogP contribution is 2.33. The van der Waals surface area contributed by atoms with Crippen LogP contribution in [0.1, 0.15) is 57.8 Å². The number of hydrogen-bond donors (Lipinski definition) is 2. The molecule has 3 unspecified atom stereocenters. The summed E-state index contributed by atoms with van der Waals surface area (Å²) in [6, 6.07) is 0. The first-order chi connectivity index (χ1) is 10.0. The predicted octanol–water partition coefficient (Wildman–Crippen LogP) is 3.23. The SMILES string of the molecule is CCCc1nc(NN)c(C)c(OC2CCC(C)C(C)C2)n1. The van der Waals surface area contributed by atoms with Crippen molar-refractivity contribution < 1.29 is 4.74 Å². The molecule has 1 aliphatic rings. The van der Waals surface area contributed by atoms with E-state index in [0.717, 1.165) is 43.0 Å². The molecule has 1 aromatic rings. The molecule has 1 heterocycles. The van der Waals surface area contributed by atoms with Crippen LogP contribution in [0.5, 0.6) is 5.88 Å². The van der Waals surface area contributed by atoms with Gasteiger partial charge in [0.1, 0.15) is 17.7 Å². The van der Waals surface area contributed by atoms with E-state index in [0.29, 0.717) is 17.6 Å². The van der Waals surface area contributed by atoms with Crippen molar-refractivity contribution in [2.24, 2.45) is 17.7 Å². The summed E-state index contributed by atoms with van der Waals surface area (Å²) in [5.74, 6) is 9.20. The Morgan fingerprint density at radius 2 is 2.00 bits per heavy atom. The zero-order valence-corrected chi connectivity index (χ0v) is 13.6. The molecule has 1 saturated carbocycles. The van der Waals surface area contributed by atoms with Gasteiger partial charge in [0.25, 0.3) is 0 Å². The molecule has 0 amide bonds. The monoisotopic (exact) mass is 292 g/mol. The third-order valence-electron chi connectivity index (χ3n) is 4.59. The van der Waals surface area contributed by atoms with Gasteiger partial charge in [-0.05, 0) is 44.4 Å². The second kappa shape index (κ2) is 7.07. The van der Waals surface area contributed by atoms with Crippen LogP contribution in [-0.2, 0) is 6.42 Å². The molecule has 0 bridgehead atoms. The minimum atomic E-state index is 0.255. The van der Waals surface area contributed by atoms with Crippen LogP contribution < -0.4 is 16.0 Å².